The van der Waals surface area contributed by atoms with Gasteiger partial charge >= 0.3 is 0 Å². The van der Waals surface area contributed by atoms with Crippen molar-refractivity contribution in [3.05, 3.63) is 30.1 Å². The fourth-order valence-corrected chi connectivity index (χ4v) is 2.43. The molecule has 0 spiro atoms. The molecule has 1 heterocycles. The van der Waals surface area contributed by atoms with E-state index in [0.717, 1.165) is 11.9 Å². The lowest BCUT2D eigenvalue weighted by Gasteiger charge is -2.06. The maximum Gasteiger partial charge on any atom is 0.109 e. The van der Waals surface area contributed by atoms with Gasteiger partial charge in [-0.15, -0.1) is 0 Å². The van der Waals surface area contributed by atoms with Gasteiger partial charge in [-0.2, -0.15) is 0 Å². The van der Waals surface area contributed by atoms with Gasteiger partial charge in [0.25, 0.3) is 0 Å². The van der Waals surface area contributed by atoms with Gasteiger partial charge in [-0.05, 0) is 31.4 Å². The third kappa shape index (κ3) is 2.89. The van der Waals surface area contributed by atoms with Crippen molar-refractivity contribution >= 4 is 27.0 Å². The third-order valence-electron chi connectivity index (χ3n) is 3.24. The van der Waals surface area contributed by atoms with Crippen molar-refractivity contribution < 1.29 is 0 Å². The van der Waals surface area contributed by atoms with E-state index in [1.54, 1.807) is 0 Å². The van der Waals surface area contributed by atoms with Gasteiger partial charge in [0, 0.05) is 18.3 Å². The fourth-order valence-electron chi connectivity index (χ4n) is 2.10. The summed E-state index contributed by atoms with van der Waals surface area (Å²) in [7, 11) is 2.11. The molecule has 2 aromatic rings. The Morgan fingerprint density at radius 1 is 1.35 bits per heavy atom. The molecule has 92 valence electrons. The Bertz CT molecular complexity index is 490. The first-order valence-electron chi connectivity index (χ1n) is 6.26. The highest BCUT2D eigenvalue weighted by molar-refractivity contribution is 9.09. The standard InChI is InChI=1S/C14H19BrN2/c1-3-11(15)7-6-10-14-16-12-8-4-5-9-13(12)17(14)2/h4-5,8-9,11H,3,6-7,10H2,1-2H3. The highest BCUT2D eigenvalue weighted by atomic mass is 79.9. The molecule has 0 N–H and O–H groups in total. The van der Waals surface area contributed by atoms with Crippen LogP contribution in [-0.2, 0) is 13.5 Å². The van der Waals surface area contributed by atoms with Crippen LogP contribution in [0.15, 0.2) is 24.3 Å². The second-order valence-corrected chi connectivity index (χ2v) is 5.77. The Labute approximate surface area is 111 Å². The molecular weight excluding hydrogens is 276 g/mol. The summed E-state index contributed by atoms with van der Waals surface area (Å²) in [4.78, 5) is 5.33. The first-order chi connectivity index (χ1) is 8.22. The number of halogens is 1. The number of imidazole rings is 1. The number of benzene rings is 1. The zero-order valence-corrected chi connectivity index (χ0v) is 12.1. The molecule has 0 aliphatic heterocycles. The zero-order valence-electron chi connectivity index (χ0n) is 10.5. The minimum absolute atomic E-state index is 0.650. The average molecular weight is 295 g/mol. The van der Waals surface area contributed by atoms with Crippen LogP contribution in [0.1, 0.15) is 32.0 Å². The van der Waals surface area contributed by atoms with Crippen LogP contribution in [0, 0.1) is 0 Å². The van der Waals surface area contributed by atoms with E-state index in [-0.39, 0.29) is 0 Å². The Morgan fingerprint density at radius 3 is 2.82 bits per heavy atom. The number of alkyl halides is 1. The van der Waals surface area contributed by atoms with E-state index in [1.807, 2.05) is 6.07 Å². The van der Waals surface area contributed by atoms with Crippen LogP contribution in [0.4, 0.5) is 0 Å². The summed E-state index contributed by atoms with van der Waals surface area (Å²) in [6.07, 6.45) is 4.68. The van der Waals surface area contributed by atoms with Crippen molar-refractivity contribution in [2.75, 3.05) is 0 Å². The number of fused-ring (bicyclic) bond motifs is 1. The molecule has 0 amide bonds. The lowest BCUT2D eigenvalue weighted by atomic mass is 10.1. The smallest absolute Gasteiger partial charge is 0.109 e. The molecule has 0 saturated heterocycles. The van der Waals surface area contributed by atoms with E-state index < -0.39 is 0 Å². The van der Waals surface area contributed by atoms with Crippen molar-refractivity contribution in [2.24, 2.45) is 7.05 Å². The summed E-state index contributed by atoms with van der Waals surface area (Å²) < 4.78 is 2.21. The number of aromatic nitrogens is 2. The molecule has 0 radical (unpaired) electrons. The van der Waals surface area contributed by atoms with Crippen molar-refractivity contribution in [1.29, 1.82) is 0 Å². The summed E-state index contributed by atoms with van der Waals surface area (Å²) in [6.45, 7) is 2.22. The molecule has 2 rings (SSSR count). The SMILES string of the molecule is CCC(Br)CCCc1nc2ccccc2n1C. The average Bonchev–Trinajstić information content (AvgIpc) is 2.67. The summed E-state index contributed by atoms with van der Waals surface area (Å²) in [5, 5.41) is 0. The minimum atomic E-state index is 0.650. The van der Waals surface area contributed by atoms with Crippen LogP contribution in [-0.4, -0.2) is 14.4 Å². The summed E-state index contributed by atoms with van der Waals surface area (Å²) in [6, 6.07) is 8.33. The Balaban J connectivity index is 2.06. The van der Waals surface area contributed by atoms with Gasteiger partial charge in [-0.1, -0.05) is 35.0 Å². The molecule has 1 atom stereocenters. The number of aryl methyl sites for hydroxylation is 2. The van der Waals surface area contributed by atoms with Gasteiger partial charge in [0.2, 0.25) is 0 Å². The molecular formula is C14H19BrN2. The van der Waals surface area contributed by atoms with Crippen LogP contribution in [0.3, 0.4) is 0 Å². The van der Waals surface area contributed by atoms with Crippen molar-refractivity contribution in [1.82, 2.24) is 9.55 Å². The van der Waals surface area contributed by atoms with Crippen LogP contribution in [0.2, 0.25) is 0 Å². The highest BCUT2D eigenvalue weighted by Crippen LogP contribution is 2.18. The first kappa shape index (κ1) is 12.6. The Kier molecular flexibility index (Phi) is 4.21. The van der Waals surface area contributed by atoms with Crippen molar-refractivity contribution in [3.8, 4) is 0 Å². The number of rotatable bonds is 5. The number of hydrogen-bond donors (Lipinski definition) is 0. The molecule has 0 bridgehead atoms. The summed E-state index contributed by atoms with van der Waals surface area (Å²) in [5.74, 6) is 1.20. The molecule has 0 aliphatic carbocycles. The van der Waals surface area contributed by atoms with Gasteiger partial charge in [0.1, 0.15) is 5.82 Å². The molecule has 1 aromatic heterocycles. The zero-order chi connectivity index (χ0) is 12.3. The molecule has 1 unspecified atom stereocenters. The fraction of sp³-hybridized carbons (Fsp3) is 0.500. The molecule has 3 heteroatoms. The van der Waals surface area contributed by atoms with E-state index in [0.29, 0.717) is 4.83 Å². The molecule has 1 aromatic carbocycles. The topological polar surface area (TPSA) is 17.8 Å². The second-order valence-electron chi connectivity index (χ2n) is 4.47. The van der Waals surface area contributed by atoms with Gasteiger partial charge in [-0.3, -0.25) is 0 Å². The van der Waals surface area contributed by atoms with Gasteiger partial charge in [0.15, 0.2) is 0 Å². The largest absolute Gasteiger partial charge is 0.331 e. The highest BCUT2D eigenvalue weighted by Gasteiger charge is 2.07. The van der Waals surface area contributed by atoms with E-state index in [2.05, 4.69) is 57.7 Å². The molecule has 0 saturated carbocycles. The molecule has 0 aliphatic rings. The molecule has 17 heavy (non-hydrogen) atoms. The second kappa shape index (κ2) is 5.67. The van der Waals surface area contributed by atoms with E-state index >= 15 is 0 Å². The summed E-state index contributed by atoms with van der Waals surface area (Å²) >= 11 is 3.68. The summed E-state index contributed by atoms with van der Waals surface area (Å²) in [5.41, 5.74) is 2.34. The number of para-hydroxylation sites is 2. The van der Waals surface area contributed by atoms with E-state index in [1.165, 1.54) is 30.6 Å². The third-order valence-corrected chi connectivity index (χ3v) is 4.35. The maximum absolute atomic E-state index is 4.68. The quantitative estimate of drug-likeness (QED) is 0.760. The van der Waals surface area contributed by atoms with E-state index in [9.17, 15) is 0 Å². The lowest BCUT2D eigenvalue weighted by molar-refractivity contribution is 0.659. The van der Waals surface area contributed by atoms with Gasteiger partial charge < -0.3 is 4.57 Å². The molecule has 2 nitrogen and oxygen atoms in total. The number of nitrogens with zero attached hydrogens (tertiary/aromatic N) is 2. The number of hydrogen-bond acceptors (Lipinski definition) is 1. The van der Waals surface area contributed by atoms with E-state index in [4.69, 9.17) is 0 Å². The normalized spacial score (nSPS) is 13.1. The Hall–Kier alpha value is -0.830. The minimum Gasteiger partial charge on any atom is -0.331 e. The van der Waals surface area contributed by atoms with Crippen LogP contribution >= 0.6 is 15.9 Å². The maximum atomic E-state index is 4.68. The first-order valence-corrected chi connectivity index (χ1v) is 7.18. The van der Waals surface area contributed by atoms with Gasteiger partial charge in [-0.25, -0.2) is 4.98 Å². The lowest BCUT2D eigenvalue weighted by Crippen LogP contribution is -2.01. The van der Waals surface area contributed by atoms with Crippen LogP contribution < -0.4 is 0 Å². The predicted octanol–water partition coefficient (Wildman–Crippen LogP) is 4.07. The Morgan fingerprint density at radius 2 is 2.12 bits per heavy atom. The predicted molar refractivity (Wildman–Crippen MR) is 76.7 cm³/mol. The molecule has 0 fully saturated rings. The van der Waals surface area contributed by atoms with Crippen LogP contribution in [0.5, 0.6) is 0 Å². The van der Waals surface area contributed by atoms with Crippen molar-refractivity contribution in [2.45, 2.75) is 37.4 Å². The van der Waals surface area contributed by atoms with Crippen molar-refractivity contribution in [3.63, 3.8) is 0 Å². The van der Waals surface area contributed by atoms with Gasteiger partial charge in [0.05, 0.1) is 11.0 Å². The van der Waals surface area contributed by atoms with Crippen LogP contribution in [0.25, 0.3) is 11.0 Å². The monoisotopic (exact) mass is 294 g/mol.